The predicted octanol–water partition coefficient (Wildman–Crippen LogP) is 2.24. The predicted molar refractivity (Wildman–Crippen MR) is 96.2 cm³/mol. The maximum absolute atomic E-state index is 12.6. The van der Waals surface area contributed by atoms with Gasteiger partial charge in [-0.15, -0.1) is 11.3 Å². The van der Waals surface area contributed by atoms with Crippen LogP contribution < -0.4 is 25.3 Å². The zero-order chi connectivity index (χ0) is 18.0. The Balaban J connectivity index is 1.84. The number of amides is 1. The molecule has 8 heteroatoms. The zero-order valence-electron chi connectivity index (χ0n) is 14.4. The Morgan fingerprint density at radius 3 is 2.52 bits per heavy atom. The van der Waals surface area contributed by atoms with E-state index in [0.717, 1.165) is 29.8 Å². The van der Waals surface area contributed by atoms with E-state index < -0.39 is 0 Å². The van der Waals surface area contributed by atoms with Crippen LogP contribution in [0.3, 0.4) is 0 Å². The first-order chi connectivity index (χ1) is 12.0. The van der Waals surface area contributed by atoms with Crippen LogP contribution in [0.2, 0.25) is 0 Å². The Hall–Kier alpha value is -2.32. The van der Waals surface area contributed by atoms with Crippen molar-refractivity contribution in [1.29, 1.82) is 0 Å². The zero-order valence-corrected chi connectivity index (χ0v) is 15.2. The molecule has 1 atom stereocenters. The number of anilines is 1. The Kier molecular flexibility index (Phi) is 5.10. The van der Waals surface area contributed by atoms with Crippen molar-refractivity contribution in [3.63, 3.8) is 0 Å². The van der Waals surface area contributed by atoms with E-state index >= 15 is 0 Å². The average Bonchev–Trinajstić information content (AvgIpc) is 3.01. The lowest BCUT2D eigenvalue weighted by Crippen LogP contribution is -2.27. The lowest BCUT2D eigenvalue weighted by Gasteiger charge is -2.15. The molecular weight excluding hydrogens is 342 g/mol. The summed E-state index contributed by atoms with van der Waals surface area (Å²) in [6.07, 6.45) is 2.59. The van der Waals surface area contributed by atoms with E-state index in [0.29, 0.717) is 27.9 Å². The molecule has 1 aromatic heterocycles. The summed E-state index contributed by atoms with van der Waals surface area (Å²) in [4.78, 5) is 18.3. The van der Waals surface area contributed by atoms with Gasteiger partial charge in [-0.05, 0) is 31.4 Å². The number of nitrogens with zero attached hydrogens (tertiary/aromatic N) is 1. The molecule has 7 nitrogen and oxygen atoms in total. The maximum atomic E-state index is 12.6. The third-order valence-corrected chi connectivity index (χ3v) is 5.16. The second-order valence-corrected chi connectivity index (χ2v) is 6.84. The van der Waals surface area contributed by atoms with Gasteiger partial charge in [-0.1, -0.05) is 0 Å². The number of ether oxygens (including phenoxy) is 3. The largest absolute Gasteiger partial charge is 0.493 e. The lowest BCUT2D eigenvalue weighted by molar-refractivity contribution is 0.102. The van der Waals surface area contributed by atoms with Crippen molar-refractivity contribution < 1.29 is 19.0 Å². The van der Waals surface area contributed by atoms with Crippen LogP contribution in [-0.2, 0) is 12.8 Å². The van der Waals surface area contributed by atoms with Crippen LogP contribution in [0.5, 0.6) is 17.2 Å². The van der Waals surface area contributed by atoms with E-state index in [4.69, 9.17) is 19.9 Å². The third kappa shape index (κ3) is 3.54. The molecule has 0 spiro atoms. The van der Waals surface area contributed by atoms with Crippen molar-refractivity contribution in [1.82, 2.24) is 4.98 Å². The highest BCUT2D eigenvalue weighted by molar-refractivity contribution is 7.15. The average molecular weight is 363 g/mol. The molecule has 134 valence electrons. The maximum Gasteiger partial charge on any atom is 0.257 e. The summed E-state index contributed by atoms with van der Waals surface area (Å²) in [7, 11) is 4.54. The number of nitrogens with one attached hydrogen (secondary N) is 1. The molecule has 1 aliphatic carbocycles. The van der Waals surface area contributed by atoms with Crippen molar-refractivity contribution in [2.45, 2.75) is 25.3 Å². The molecule has 0 bridgehead atoms. The van der Waals surface area contributed by atoms with Gasteiger partial charge in [0.15, 0.2) is 16.6 Å². The van der Waals surface area contributed by atoms with Gasteiger partial charge in [0, 0.05) is 16.5 Å². The van der Waals surface area contributed by atoms with E-state index in [-0.39, 0.29) is 11.9 Å². The fourth-order valence-electron chi connectivity index (χ4n) is 2.84. The fraction of sp³-hybridized carbons (Fsp3) is 0.412. The molecule has 0 radical (unpaired) electrons. The van der Waals surface area contributed by atoms with Crippen LogP contribution in [0.1, 0.15) is 27.3 Å². The van der Waals surface area contributed by atoms with Gasteiger partial charge in [-0.2, -0.15) is 0 Å². The minimum Gasteiger partial charge on any atom is -0.493 e. The van der Waals surface area contributed by atoms with E-state index in [9.17, 15) is 4.79 Å². The molecule has 1 aliphatic rings. The number of carbonyl (C=O) groups is 1. The van der Waals surface area contributed by atoms with Gasteiger partial charge in [-0.3, -0.25) is 10.1 Å². The first-order valence-corrected chi connectivity index (χ1v) is 8.72. The molecule has 25 heavy (non-hydrogen) atoms. The summed E-state index contributed by atoms with van der Waals surface area (Å²) in [5.74, 6) is 1.02. The minimum absolute atomic E-state index is 0.173. The van der Waals surface area contributed by atoms with Crippen LogP contribution in [-0.4, -0.2) is 38.3 Å². The Bertz CT molecular complexity index is 765. The summed E-state index contributed by atoms with van der Waals surface area (Å²) in [5.41, 5.74) is 7.43. The number of hydrogen-bond donors (Lipinski definition) is 2. The first kappa shape index (κ1) is 17.5. The van der Waals surface area contributed by atoms with E-state index in [1.807, 2.05) is 0 Å². The first-order valence-electron chi connectivity index (χ1n) is 7.91. The number of thiazole rings is 1. The monoisotopic (exact) mass is 363 g/mol. The van der Waals surface area contributed by atoms with Gasteiger partial charge < -0.3 is 19.9 Å². The van der Waals surface area contributed by atoms with E-state index in [1.165, 1.54) is 32.7 Å². The molecule has 0 saturated heterocycles. The molecule has 3 rings (SSSR count). The molecular formula is C17H21N3O4S. The number of aromatic nitrogens is 1. The Labute approximate surface area is 150 Å². The van der Waals surface area contributed by atoms with Crippen LogP contribution in [0.25, 0.3) is 0 Å². The highest BCUT2D eigenvalue weighted by Crippen LogP contribution is 2.38. The van der Waals surface area contributed by atoms with Crippen LogP contribution in [0.4, 0.5) is 5.13 Å². The number of carbonyl (C=O) groups excluding carboxylic acids is 1. The third-order valence-electron chi connectivity index (χ3n) is 4.13. The number of nitrogens with two attached hydrogens (primary N) is 1. The van der Waals surface area contributed by atoms with Crippen molar-refractivity contribution in [3.05, 3.63) is 28.3 Å². The quantitative estimate of drug-likeness (QED) is 0.846. The molecule has 1 aromatic carbocycles. The topological polar surface area (TPSA) is 95.7 Å². The standard InChI is InChI=1S/C17H21N3O4S/c1-22-12-6-9(7-13(23-2)15(12)24-3)16(21)20-17-19-11-5-4-10(18)8-14(11)25-17/h6-7,10H,4-5,8,18H2,1-3H3,(H,19,20,21)/t10-/m0/s1. The van der Waals surface area contributed by atoms with Gasteiger partial charge in [0.05, 0.1) is 27.0 Å². The molecule has 3 N–H and O–H groups in total. The summed E-state index contributed by atoms with van der Waals surface area (Å²) in [6.45, 7) is 0. The SMILES string of the molecule is COc1cc(C(=O)Nc2nc3c(s2)C[C@@H](N)CC3)cc(OC)c1OC. The van der Waals surface area contributed by atoms with Crippen LogP contribution in [0, 0.1) is 0 Å². The smallest absolute Gasteiger partial charge is 0.257 e. The number of rotatable bonds is 5. The second kappa shape index (κ2) is 7.28. The van der Waals surface area contributed by atoms with Crippen molar-refractivity contribution >= 4 is 22.4 Å². The Morgan fingerprint density at radius 2 is 1.92 bits per heavy atom. The van der Waals surface area contributed by atoms with Crippen molar-refractivity contribution in [2.24, 2.45) is 5.73 Å². The number of methoxy groups -OCH3 is 3. The molecule has 1 heterocycles. The second-order valence-electron chi connectivity index (χ2n) is 5.76. The fourth-order valence-corrected chi connectivity index (χ4v) is 3.93. The summed E-state index contributed by atoms with van der Waals surface area (Å²) in [6, 6.07) is 3.40. The van der Waals surface area contributed by atoms with Crippen LogP contribution in [0.15, 0.2) is 12.1 Å². The van der Waals surface area contributed by atoms with E-state index in [1.54, 1.807) is 12.1 Å². The summed E-state index contributed by atoms with van der Waals surface area (Å²) < 4.78 is 15.8. The Morgan fingerprint density at radius 1 is 1.24 bits per heavy atom. The summed E-state index contributed by atoms with van der Waals surface area (Å²) in [5, 5.41) is 3.43. The molecule has 0 saturated carbocycles. The lowest BCUT2D eigenvalue weighted by atomic mass is 9.99. The minimum atomic E-state index is -0.283. The molecule has 1 amide bonds. The summed E-state index contributed by atoms with van der Waals surface area (Å²) >= 11 is 1.48. The van der Waals surface area contributed by atoms with Gasteiger partial charge >= 0.3 is 0 Å². The van der Waals surface area contributed by atoms with E-state index in [2.05, 4.69) is 10.3 Å². The molecule has 0 aliphatic heterocycles. The normalized spacial score (nSPS) is 16.1. The van der Waals surface area contributed by atoms with Crippen LogP contribution >= 0.6 is 11.3 Å². The van der Waals surface area contributed by atoms with Crippen molar-refractivity contribution in [3.8, 4) is 17.2 Å². The van der Waals surface area contributed by atoms with Gasteiger partial charge in [0.1, 0.15) is 0 Å². The van der Waals surface area contributed by atoms with Gasteiger partial charge in [-0.25, -0.2) is 4.98 Å². The number of benzene rings is 1. The number of hydrogen-bond acceptors (Lipinski definition) is 7. The molecule has 0 unspecified atom stereocenters. The van der Waals surface area contributed by atoms with Crippen molar-refractivity contribution in [2.75, 3.05) is 26.6 Å². The number of aryl methyl sites for hydroxylation is 1. The molecule has 0 fully saturated rings. The van der Waals surface area contributed by atoms with Gasteiger partial charge in [0.25, 0.3) is 5.91 Å². The number of fused-ring (bicyclic) bond motifs is 1. The highest BCUT2D eigenvalue weighted by Gasteiger charge is 2.22. The highest BCUT2D eigenvalue weighted by atomic mass is 32.1. The van der Waals surface area contributed by atoms with Gasteiger partial charge in [0.2, 0.25) is 5.75 Å². The molecule has 2 aromatic rings.